The van der Waals surface area contributed by atoms with Gasteiger partial charge in [0, 0.05) is 38.9 Å². The third kappa shape index (κ3) is 5.74. The molecule has 3 rings (SSSR count). The second kappa shape index (κ2) is 9.78. The predicted octanol–water partition coefficient (Wildman–Crippen LogP) is 3.49. The Morgan fingerprint density at radius 1 is 1.00 bits per heavy atom. The number of amides is 2. The van der Waals surface area contributed by atoms with E-state index in [4.69, 9.17) is 0 Å². The monoisotopic (exact) mass is 379 g/mol. The number of carbonyl (C=O) groups excluding carboxylic acids is 1. The van der Waals surface area contributed by atoms with Crippen LogP contribution in [0.15, 0.2) is 53.5 Å². The standard InChI is InChI=1S/C22H29N5O/c1-17-8-10-18(11-9-17)15-24-21(23-2)25-16-19-6-5-7-20(14-19)26-22(28)27-12-3-4-13-27/h5-11,14H,3-4,12-13,15-16H2,1-2H3,(H,26,28)(H2,23,24,25). The van der Waals surface area contributed by atoms with E-state index in [-0.39, 0.29) is 6.03 Å². The average molecular weight is 380 g/mol. The lowest BCUT2D eigenvalue weighted by Gasteiger charge is -2.17. The minimum atomic E-state index is -0.0156. The van der Waals surface area contributed by atoms with Crippen LogP contribution in [0.4, 0.5) is 10.5 Å². The summed E-state index contributed by atoms with van der Waals surface area (Å²) in [5.41, 5.74) is 4.36. The number of guanidine groups is 1. The smallest absolute Gasteiger partial charge is 0.321 e. The number of hydrogen-bond acceptors (Lipinski definition) is 2. The maximum atomic E-state index is 12.2. The number of aryl methyl sites for hydroxylation is 1. The van der Waals surface area contributed by atoms with Crippen molar-refractivity contribution in [3.8, 4) is 0 Å². The Morgan fingerprint density at radius 2 is 1.68 bits per heavy atom. The van der Waals surface area contributed by atoms with Gasteiger partial charge >= 0.3 is 6.03 Å². The van der Waals surface area contributed by atoms with Crippen molar-refractivity contribution in [1.82, 2.24) is 15.5 Å². The number of carbonyl (C=O) groups is 1. The molecule has 0 bridgehead atoms. The molecule has 0 saturated carbocycles. The third-order valence-electron chi connectivity index (χ3n) is 4.84. The van der Waals surface area contributed by atoms with E-state index < -0.39 is 0 Å². The maximum Gasteiger partial charge on any atom is 0.321 e. The molecule has 0 atom stereocenters. The number of anilines is 1. The molecule has 1 heterocycles. The van der Waals surface area contributed by atoms with Gasteiger partial charge in [0.05, 0.1) is 0 Å². The van der Waals surface area contributed by atoms with E-state index in [1.54, 1.807) is 7.05 Å². The number of nitrogens with zero attached hydrogens (tertiary/aromatic N) is 2. The lowest BCUT2D eigenvalue weighted by molar-refractivity contribution is 0.222. The Kier molecular flexibility index (Phi) is 6.89. The summed E-state index contributed by atoms with van der Waals surface area (Å²) in [5.74, 6) is 0.743. The zero-order chi connectivity index (χ0) is 19.8. The first-order valence-corrected chi connectivity index (χ1v) is 9.79. The zero-order valence-corrected chi connectivity index (χ0v) is 16.7. The fourth-order valence-corrected chi connectivity index (χ4v) is 3.18. The van der Waals surface area contributed by atoms with E-state index in [1.807, 2.05) is 29.2 Å². The van der Waals surface area contributed by atoms with Crippen molar-refractivity contribution in [2.75, 3.05) is 25.5 Å². The predicted molar refractivity (Wildman–Crippen MR) is 114 cm³/mol. The zero-order valence-electron chi connectivity index (χ0n) is 16.7. The van der Waals surface area contributed by atoms with Crippen molar-refractivity contribution in [3.05, 3.63) is 65.2 Å². The van der Waals surface area contributed by atoms with Crippen LogP contribution < -0.4 is 16.0 Å². The number of benzene rings is 2. The fraction of sp³-hybridized carbons (Fsp3) is 0.364. The van der Waals surface area contributed by atoms with E-state index in [1.165, 1.54) is 11.1 Å². The summed E-state index contributed by atoms with van der Waals surface area (Å²) in [6, 6.07) is 16.3. The van der Waals surface area contributed by atoms with Crippen molar-refractivity contribution in [3.63, 3.8) is 0 Å². The first kappa shape index (κ1) is 19.7. The number of aliphatic imine (C=N–C) groups is 1. The van der Waals surface area contributed by atoms with Crippen LogP contribution in [-0.4, -0.2) is 37.0 Å². The van der Waals surface area contributed by atoms with Gasteiger partial charge in [-0.3, -0.25) is 4.99 Å². The Hall–Kier alpha value is -3.02. The summed E-state index contributed by atoms with van der Waals surface area (Å²) in [6.45, 7) is 5.11. The second-order valence-corrected chi connectivity index (χ2v) is 7.09. The number of urea groups is 1. The highest BCUT2D eigenvalue weighted by molar-refractivity contribution is 5.89. The van der Waals surface area contributed by atoms with Gasteiger partial charge in [-0.15, -0.1) is 0 Å². The van der Waals surface area contributed by atoms with Gasteiger partial charge in [-0.2, -0.15) is 0 Å². The van der Waals surface area contributed by atoms with Crippen molar-refractivity contribution >= 4 is 17.7 Å². The first-order valence-electron chi connectivity index (χ1n) is 9.79. The molecule has 1 fully saturated rings. The van der Waals surface area contributed by atoms with Gasteiger partial charge in [-0.25, -0.2) is 4.79 Å². The lowest BCUT2D eigenvalue weighted by atomic mass is 10.1. The second-order valence-electron chi connectivity index (χ2n) is 7.09. The van der Waals surface area contributed by atoms with Gasteiger partial charge in [0.15, 0.2) is 5.96 Å². The maximum absolute atomic E-state index is 12.2. The summed E-state index contributed by atoms with van der Waals surface area (Å²) in [5, 5.41) is 9.63. The Morgan fingerprint density at radius 3 is 2.36 bits per heavy atom. The van der Waals surface area contributed by atoms with E-state index in [0.717, 1.165) is 43.1 Å². The van der Waals surface area contributed by atoms with Crippen molar-refractivity contribution in [2.24, 2.45) is 4.99 Å². The Balaban J connectivity index is 1.49. The van der Waals surface area contributed by atoms with Gasteiger partial charge in [-0.1, -0.05) is 42.0 Å². The van der Waals surface area contributed by atoms with Crippen molar-refractivity contribution in [2.45, 2.75) is 32.9 Å². The normalized spacial score (nSPS) is 14.1. The molecule has 2 aromatic carbocycles. The molecule has 0 aromatic heterocycles. The molecular weight excluding hydrogens is 350 g/mol. The topological polar surface area (TPSA) is 68.8 Å². The number of rotatable bonds is 5. The summed E-state index contributed by atoms with van der Waals surface area (Å²) in [7, 11) is 1.76. The molecular formula is C22H29N5O. The Bertz CT molecular complexity index is 810. The van der Waals surface area contributed by atoms with E-state index >= 15 is 0 Å². The fourth-order valence-electron chi connectivity index (χ4n) is 3.18. The quantitative estimate of drug-likeness (QED) is 0.550. The molecule has 1 aliphatic heterocycles. The van der Waals surface area contributed by atoms with Gasteiger partial charge in [-0.05, 0) is 43.0 Å². The van der Waals surface area contributed by atoms with Crippen LogP contribution in [0.25, 0.3) is 0 Å². The molecule has 0 aliphatic carbocycles. The molecule has 6 nitrogen and oxygen atoms in total. The molecule has 148 valence electrons. The van der Waals surface area contributed by atoms with Crippen molar-refractivity contribution < 1.29 is 4.79 Å². The molecule has 0 radical (unpaired) electrons. The largest absolute Gasteiger partial charge is 0.352 e. The van der Waals surface area contributed by atoms with Crippen LogP contribution in [-0.2, 0) is 13.1 Å². The van der Waals surface area contributed by atoms with E-state index in [0.29, 0.717) is 13.1 Å². The van der Waals surface area contributed by atoms with E-state index in [9.17, 15) is 4.79 Å². The third-order valence-corrected chi connectivity index (χ3v) is 4.84. The highest BCUT2D eigenvalue weighted by Gasteiger charge is 2.17. The first-order chi connectivity index (χ1) is 13.6. The lowest BCUT2D eigenvalue weighted by Crippen LogP contribution is -2.36. The molecule has 2 amide bonds. The SMILES string of the molecule is CN=C(NCc1ccc(C)cc1)NCc1cccc(NC(=O)N2CCCC2)c1. The summed E-state index contributed by atoms with van der Waals surface area (Å²) in [6.07, 6.45) is 2.18. The molecule has 2 aromatic rings. The minimum absolute atomic E-state index is 0.0156. The minimum Gasteiger partial charge on any atom is -0.352 e. The molecule has 6 heteroatoms. The van der Waals surface area contributed by atoms with Crippen LogP contribution in [0.3, 0.4) is 0 Å². The van der Waals surface area contributed by atoms with Gasteiger partial charge in [0.2, 0.25) is 0 Å². The van der Waals surface area contributed by atoms with Gasteiger partial charge < -0.3 is 20.9 Å². The summed E-state index contributed by atoms with van der Waals surface area (Å²) in [4.78, 5) is 18.4. The number of hydrogen-bond donors (Lipinski definition) is 3. The van der Waals surface area contributed by atoms with Crippen LogP contribution >= 0.6 is 0 Å². The molecule has 1 aliphatic rings. The molecule has 3 N–H and O–H groups in total. The van der Waals surface area contributed by atoms with Gasteiger partial charge in [0.1, 0.15) is 0 Å². The summed E-state index contributed by atoms with van der Waals surface area (Å²) < 4.78 is 0. The molecule has 1 saturated heterocycles. The molecule has 28 heavy (non-hydrogen) atoms. The molecule has 0 unspecified atom stereocenters. The van der Waals surface area contributed by atoms with Crippen molar-refractivity contribution in [1.29, 1.82) is 0 Å². The summed E-state index contributed by atoms with van der Waals surface area (Å²) >= 11 is 0. The highest BCUT2D eigenvalue weighted by atomic mass is 16.2. The highest BCUT2D eigenvalue weighted by Crippen LogP contribution is 2.14. The number of nitrogens with one attached hydrogen (secondary N) is 3. The van der Waals surface area contributed by atoms with Crippen LogP contribution in [0, 0.1) is 6.92 Å². The molecule has 0 spiro atoms. The van der Waals surface area contributed by atoms with Gasteiger partial charge in [0.25, 0.3) is 0 Å². The van der Waals surface area contributed by atoms with Crippen LogP contribution in [0.2, 0.25) is 0 Å². The average Bonchev–Trinajstić information content (AvgIpc) is 3.25. The Labute approximate surface area is 167 Å². The number of likely N-dealkylation sites (tertiary alicyclic amines) is 1. The van der Waals surface area contributed by atoms with E-state index in [2.05, 4.69) is 52.1 Å². The van der Waals surface area contributed by atoms with Crippen LogP contribution in [0.1, 0.15) is 29.5 Å². The van der Waals surface area contributed by atoms with Crippen LogP contribution in [0.5, 0.6) is 0 Å².